The molecule has 0 atom stereocenters. The Kier molecular flexibility index (Phi) is 3.88. The van der Waals surface area contributed by atoms with E-state index in [0.717, 1.165) is 22.0 Å². The maximum atomic E-state index is 8.62. The highest BCUT2D eigenvalue weighted by atomic mass is 32.2. The first-order chi connectivity index (χ1) is 8.70. The molecule has 0 amide bonds. The summed E-state index contributed by atoms with van der Waals surface area (Å²) in [6, 6.07) is 5.74. The number of oxime groups is 1. The van der Waals surface area contributed by atoms with Crippen LogP contribution in [0.4, 0.5) is 0 Å². The van der Waals surface area contributed by atoms with Crippen molar-refractivity contribution in [2.45, 2.75) is 17.8 Å². The Morgan fingerprint density at radius 3 is 3.00 bits per heavy atom. The molecular weight excluding hydrogens is 248 g/mol. The molecule has 1 aromatic heterocycles. The number of hydrogen-bond donors (Lipinski definition) is 3. The highest BCUT2D eigenvalue weighted by Gasteiger charge is 2.05. The SMILES string of the molecule is Cc1cc(/C(N)=N/O)ccc1CSc1ncc[nH]1. The fourth-order valence-electron chi connectivity index (χ4n) is 1.55. The van der Waals surface area contributed by atoms with E-state index in [-0.39, 0.29) is 5.84 Å². The van der Waals surface area contributed by atoms with Gasteiger partial charge in [0, 0.05) is 23.7 Å². The second-order valence-electron chi connectivity index (χ2n) is 3.81. The second kappa shape index (κ2) is 5.59. The van der Waals surface area contributed by atoms with Crippen molar-refractivity contribution in [3.05, 3.63) is 47.3 Å². The summed E-state index contributed by atoms with van der Waals surface area (Å²) in [6.45, 7) is 2.01. The number of benzene rings is 1. The van der Waals surface area contributed by atoms with Crippen molar-refractivity contribution in [1.82, 2.24) is 9.97 Å². The summed E-state index contributed by atoms with van der Waals surface area (Å²) in [4.78, 5) is 7.20. The Hall–Kier alpha value is -1.95. The molecule has 94 valence electrons. The quantitative estimate of drug-likeness (QED) is 0.259. The lowest BCUT2D eigenvalue weighted by Gasteiger charge is -2.06. The minimum absolute atomic E-state index is 0.128. The smallest absolute Gasteiger partial charge is 0.170 e. The normalized spacial score (nSPS) is 11.7. The van der Waals surface area contributed by atoms with E-state index in [1.807, 2.05) is 25.1 Å². The molecule has 2 rings (SSSR count). The van der Waals surface area contributed by atoms with Gasteiger partial charge in [0.05, 0.1) is 0 Å². The Labute approximate surface area is 109 Å². The van der Waals surface area contributed by atoms with E-state index in [0.29, 0.717) is 0 Å². The first-order valence-electron chi connectivity index (χ1n) is 5.40. The maximum absolute atomic E-state index is 8.62. The van der Waals surface area contributed by atoms with Crippen molar-refractivity contribution in [3.8, 4) is 0 Å². The van der Waals surface area contributed by atoms with E-state index in [9.17, 15) is 0 Å². The van der Waals surface area contributed by atoms with E-state index in [2.05, 4.69) is 15.1 Å². The van der Waals surface area contributed by atoms with E-state index >= 15 is 0 Å². The number of imidazole rings is 1. The molecule has 0 aliphatic heterocycles. The number of nitrogens with two attached hydrogens (primary N) is 1. The lowest BCUT2D eigenvalue weighted by Crippen LogP contribution is -2.13. The second-order valence-corrected chi connectivity index (χ2v) is 4.77. The van der Waals surface area contributed by atoms with Gasteiger partial charge in [0.15, 0.2) is 11.0 Å². The van der Waals surface area contributed by atoms with Crippen LogP contribution in [0.2, 0.25) is 0 Å². The number of nitrogens with one attached hydrogen (secondary N) is 1. The molecule has 0 aliphatic carbocycles. The van der Waals surface area contributed by atoms with Crippen LogP contribution in [0.5, 0.6) is 0 Å². The summed E-state index contributed by atoms with van der Waals surface area (Å²) in [5.41, 5.74) is 8.58. The molecule has 6 heteroatoms. The average Bonchev–Trinajstić information content (AvgIpc) is 2.89. The zero-order valence-electron chi connectivity index (χ0n) is 9.92. The summed E-state index contributed by atoms with van der Waals surface area (Å²) < 4.78 is 0. The van der Waals surface area contributed by atoms with Gasteiger partial charge in [-0.2, -0.15) is 0 Å². The number of aryl methyl sites for hydroxylation is 1. The van der Waals surface area contributed by atoms with Crippen molar-refractivity contribution in [1.29, 1.82) is 0 Å². The third kappa shape index (κ3) is 2.84. The molecule has 0 spiro atoms. The van der Waals surface area contributed by atoms with Gasteiger partial charge in [-0.25, -0.2) is 4.98 Å². The van der Waals surface area contributed by atoms with Crippen LogP contribution >= 0.6 is 11.8 Å². The topological polar surface area (TPSA) is 87.3 Å². The Balaban J connectivity index is 2.10. The molecule has 0 aliphatic rings. The minimum atomic E-state index is 0.128. The van der Waals surface area contributed by atoms with Gasteiger partial charge < -0.3 is 15.9 Å². The van der Waals surface area contributed by atoms with Gasteiger partial charge in [-0.1, -0.05) is 29.1 Å². The van der Waals surface area contributed by atoms with Crippen molar-refractivity contribution >= 4 is 17.6 Å². The molecular formula is C12H14N4OS. The van der Waals surface area contributed by atoms with E-state index in [1.54, 1.807) is 24.2 Å². The van der Waals surface area contributed by atoms with Crippen LogP contribution in [0, 0.1) is 6.92 Å². The third-order valence-electron chi connectivity index (χ3n) is 2.58. The zero-order valence-corrected chi connectivity index (χ0v) is 10.7. The van der Waals surface area contributed by atoms with Crippen LogP contribution in [0.15, 0.2) is 40.9 Å². The predicted molar refractivity (Wildman–Crippen MR) is 71.8 cm³/mol. The molecule has 5 nitrogen and oxygen atoms in total. The summed E-state index contributed by atoms with van der Waals surface area (Å²) in [5, 5.41) is 12.5. The number of aromatic nitrogens is 2. The van der Waals surface area contributed by atoms with Crippen LogP contribution in [-0.4, -0.2) is 21.0 Å². The largest absolute Gasteiger partial charge is 0.409 e. The first kappa shape index (κ1) is 12.5. The first-order valence-corrected chi connectivity index (χ1v) is 6.39. The molecule has 0 saturated heterocycles. The van der Waals surface area contributed by atoms with E-state index < -0.39 is 0 Å². The minimum Gasteiger partial charge on any atom is -0.409 e. The molecule has 1 heterocycles. The van der Waals surface area contributed by atoms with Crippen LogP contribution in [0.1, 0.15) is 16.7 Å². The van der Waals surface area contributed by atoms with Crippen molar-refractivity contribution in [2.24, 2.45) is 10.9 Å². The molecule has 0 unspecified atom stereocenters. The highest BCUT2D eigenvalue weighted by Crippen LogP contribution is 2.21. The van der Waals surface area contributed by atoms with Crippen LogP contribution < -0.4 is 5.73 Å². The monoisotopic (exact) mass is 262 g/mol. The van der Waals surface area contributed by atoms with Gasteiger partial charge in [-0.15, -0.1) is 0 Å². The van der Waals surface area contributed by atoms with Gasteiger partial charge in [0.1, 0.15) is 0 Å². The molecule has 1 aromatic carbocycles. The Morgan fingerprint density at radius 1 is 1.56 bits per heavy atom. The molecule has 2 aromatic rings. The number of H-pyrrole nitrogens is 1. The molecule has 0 fully saturated rings. The number of rotatable bonds is 4. The molecule has 0 bridgehead atoms. The number of hydrogen-bond acceptors (Lipinski definition) is 4. The fraction of sp³-hybridized carbons (Fsp3) is 0.167. The summed E-state index contributed by atoms with van der Waals surface area (Å²) in [6.07, 6.45) is 3.54. The van der Waals surface area contributed by atoms with Crippen molar-refractivity contribution in [2.75, 3.05) is 0 Å². The standard InChI is InChI=1S/C12H14N4OS/c1-8-6-9(11(13)16-17)2-3-10(8)7-18-12-14-4-5-15-12/h2-6,17H,7H2,1H3,(H2,13,16)(H,14,15). The number of aromatic amines is 1. The summed E-state index contributed by atoms with van der Waals surface area (Å²) in [5.74, 6) is 0.957. The van der Waals surface area contributed by atoms with Gasteiger partial charge in [0.2, 0.25) is 0 Å². The van der Waals surface area contributed by atoms with E-state index in [4.69, 9.17) is 10.9 Å². The maximum Gasteiger partial charge on any atom is 0.170 e. The van der Waals surface area contributed by atoms with Crippen molar-refractivity contribution < 1.29 is 5.21 Å². The van der Waals surface area contributed by atoms with Gasteiger partial charge >= 0.3 is 0 Å². The van der Waals surface area contributed by atoms with Crippen LogP contribution in [-0.2, 0) is 5.75 Å². The van der Waals surface area contributed by atoms with E-state index in [1.165, 1.54) is 5.56 Å². The molecule has 0 radical (unpaired) electrons. The molecule has 0 saturated carbocycles. The third-order valence-corrected chi connectivity index (χ3v) is 3.54. The molecule has 18 heavy (non-hydrogen) atoms. The Morgan fingerprint density at radius 2 is 2.39 bits per heavy atom. The lowest BCUT2D eigenvalue weighted by atomic mass is 10.1. The number of amidine groups is 1. The highest BCUT2D eigenvalue weighted by molar-refractivity contribution is 7.98. The fourth-order valence-corrected chi connectivity index (χ4v) is 2.45. The van der Waals surface area contributed by atoms with Gasteiger partial charge in [0.25, 0.3) is 0 Å². The lowest BCUT2D eigenvalue weighted by molar-refractivity contribution is 0.318. The van der Waals surface area contributed by atoms with Crippen LogP contribution in [0.25, 0.3) is 0 Å². The van der Waals surface area contributed by atoms with Crippen molar-refractivity contribution in [3.63, 3.8) is 0 Å². The summed E-state index contributed by atoms with van der Waals surface area (Å²) >= 11 is 1.64. The zero-order chi connectivity index (χ0) is 13.0. The van der Waals surface area contributed by atoms with Crippen LogP contribution in [0.3, 0.4) is 0 Å². The Bertz CT molecular complexity index is 551. The number of thioether (sulfide) groups is 1. The number of nitrogens with zero attached hydrogens (tertiary/aromatic N) is 2. The summed E-state index contributed by atoms with van der Waals surface area (Å²) in [7, 11) is 0. The molecule has 4 N–H and O–H groups in total. The van der Waals surface area contributed by atoms with Gasteiger partial charge in [-0.3, -0.25) is 0 Å². The average molecular weight is 262 g/mol. The predicted octanol–water partition coefficient (Wildman–Crippen LogP) is 2.10. The van der Waals surface area contributed by atoms with Gasteiger partial charge in [-0.05, 0) is 24.1 Å².